The molecule has 0 aliphatic carbocycles. The summed E-state index contributed by atoms with van der Waals surface area (Å²) in [5.74, 6) is 0. The minimum Gasteiger partial charge on any atom is -0.222 e. The normalized spacial score (nSPS) is 11.3. The molecule has 94 valence electrons. The van der Waals surface area contributed by atoms with Crippen molar-refractivity contribution in [1.29, 1.82) is 0 Å². The summed E-state index contributed by atoms with van der Waals surface area (Å²) in [5.41, 5.74) is 1.28. The van der Waals surface area contributed by atoms with Crippen LogP contribution in [0.15, 0.2) is 48.1 Å². The minimum atomic E-state index is -4.94. The maximum atomic E-state index is 8.49. The number of hydrogen-bond acceptors (Lipinski definition) is 5. The van der Waals surface area contributed by atoms with E-state index in [1.165, 1.54) is 15.6 Å². The average molecular weight is 286 g/mol. The van der Waals surface area contributed by atoms with Gasteiger partial charge in [-0.15, -0.1) is 21.6 Å². The van der Waals surface area contributed by atoms with E-state index in [-0.39, 0.29) is 0 Å². The van der Waals surface area contributed by atoms with Gasteiger partial charge in [0.05, 0.1) is 5.39 Å². The Morgan fingerprint density at radius 2 is 1.67 bits per heavy atom. The van der Waals surface area contributed by atoms with E-state index in [4.69, 9.17) is 18.6 Å². The van der Waals surface area contributed by atoms with E-state index in [0.29, 0.717) is 0 Å². The van der Waals surface area contributed by atoms with Crippen LogP contribution in [0.3, 0.4) is 0 Å². The lowest BCUT2D eigenvalue weighted by Gasteiger charge is -2.17. The van der Waals surface area contributed by atoms with Gasteiger partial charge < -0.3 is 0 Å². The Morgan fingerprint density at radius 1 is 0.944 bits per heavy atom. The van der Waals surface area contributed by atoms with Crippen LogP contribution in [0.5, 0.6) is 0 Å². The zero-order chi connectivity index (χ0) is 13.2. The van der Waals surface area contributed by atoms with Gasteiger partial charge in [0.2, 0.25) is 5.52 Å². The Balaban J connectivity index is 0.000000209. The fourth-order valence-electron chi connectivity index (χ4n) is 1.62. The van der Waals surface area contributed by atoms with Crippen LogP contribution in [0.1, 0.15) is 0 Å². The van der Waals surface area contributed by atoms with Gasteiger partial charge in [0.25, 0.3) is 0 Å². The van der Waals surface area contributed by atoms with Crippen molar-refractivity contribution in [2.75, 3.05) is 0 Å². The van der Waals surface area contributed by atoms with Crippen molar-refractivity contribution < 1.29 is 33.3 Å². The number of hydrogen-bond donors (Lipinski definition) is 0. The Labute approximate surface area is 109 Å². The lowest BCUT2D eigenvalue weighted by atomic mass is 10.2. The number of aromatic nitrogens is 1. The molecule has 3 aromatic heterocycles. The molecule has 3 aromatic rings. The molecule has 0 fully saturated rings. The summed E-state index contributed by atoms with van der Waals surface area (Å²) in [6, 6.07) is 10.6. The molecule has 3 heterocycles. The molecule has 0 bridgehead atoms. The quantitative estimate of drug-likeness (QED) is 0.441. The first-order chi connectivity index (χ1) is 8.45. The van der Waals surface area contributed by atoms with Crippen LogP contribution < -0.4 is 23.0 Å². The van der Waals surface area contributed by atoms with Crippen molar-refractivity contribution in [2.45, 2.75) is 0 Å². The number of fused-ring (bicyclic) bond motifs is 3. The molecular weight excluding hydrogens is 278 g/mol. The van der Waals surface area contributed by atoms with Crippen LogP contribution in [0.2, 0.25) is 0 Å². The third kappa shape index (κ3) is 3.36. The van der Waals surface area contributed by atoms with Crippen LogP contribution in [0.25, 0.3) is 15.6 Å². The third-order valence-corrected chi connectivity index (χ3v) is 3.13. The second-order valence-corrected chi connectivity index (χ2v) is 5.09. The van der Waals surface area contributed by atoms with Crippen molar-refractivity contribution in [3.05, 3.63) is 48.1 Å². The molecule has 0 unspecified atom stereocenters. The Bertz CT molecular complexity index is 658. The molecule has 0 saturated heterocycles. The molecular formula is C11H8ClNO4S. The molecule has 0 atom stereocenters. The molecule has 0 aliphatic heterocycles. The standard InChI is InChI=1S/C11H8NS.ClHO4/c1-2-6-12-7-4-11-9(5-8-13-11)10(12)3-1;2-1(3,4)5/h1-8H;(H,2,3,4,5)/q+1;/p-1. The molecule has 0 N–H and O–H groups in total. The number of thiophene rings is 1. The van der Waals surface area contributed by atoms with E-state index < -0.39 is 10.2 Å². The van der Waals surface area contributed by atoms with Crippen LogP contribution in [0, 0.1) is 10.2 Å². The van der Waals surface area contributed by atoms with Crippen molar-refractivity contribution >= 4 is 26.9 Å². The summed E-state index contributed by atoms with van der Waals surface area (Å²) in [4.78, 5) is 0. The first-order valence-corrected chi connectivity index (χ1v) is 6.94. The van der Waals surface area contributed by atoms with Gasteiger partial charge >= 0.3 is 0 Å². The fraction of sp³-hybridized carbons (Fsp3) is 0. The van der Waals surface area contributed by atoms with E-state index >= 15 is 0 Å². The average Bonchev–Trinajstić information content (AvgIpc) is 2.75. The van der Waals surface area contributed by atoms with Crippen molar-refractivity contribution in [1.82, 2.24) is 0 Å². The number of nitrogens with zero attached hydrogens (tertiary/aromatic N) is 1. The zero-order valence-corrected chi connectivity index (χ0v) is 10.6. The van der Waals surface area contributed by atoms with Gasteiger partial charge in [-0.2, -0.15) is 4.40 Å². The lowest BCUT2D eigenvalue weighted by Crippen LogP contribution is -2.68. The van der Waals surface area contributed by atoms with Gasteiger partial charge in [-0.3, -0.25) is 0 Å². The summed E-state index contributed by atoms with van der Waals surface area (Å²) in [7, 11) is -4.94. The van der Waals surface area contributed by atoms with Crippen molar-refractivity contribution in [3.63, 3.8) is 0 Å². The SMILES string of the molecule is [O-][Cl+3]([O-])([O-])[O-].c1cc[n+]2ccc3sccc3c2c1. The molecule has 18 heavy (non-hydrogen) atoms. The fourth-order valence-corrected chi connectivity index (χ4v) is 2.41. The Kier molecular flexibility index (Phi) is 3.76. The van der Waals surface area contributed by atoms with E-state index in [9.17, 15) is 0 Å². The number of pyridine rings is 2. The molecule has 0 spiro atoms. The van der Waals surface area contributed by atoms with E-state index in [2.05, 4.69) is 46.4 Å². The van der Waals surface area contributed by atoms with Gasteiger partial charge in [0, 0.05) is 22.9 Å². The number of rotatable bonds is 0. The monoisotopic (exact) mass is 285 g/mol. The largest absolute Gasteiger partial charge is 0.222 e. The predicted molar refractivity (Wildman–Crippen MR) is 55.0 cm³/mol. The summed E-state index contributed by atoms with van der Waals surface area (Å²) in [5, 5.41) is 3.48. The highest BCUT2D eigenvalue weighted by Crippen LogP contribution is 2.21. The van der Waals surface area contributed by atoms with Crippen LogP contribution in [-0.4, -0.2) is 0 Å². The van der Waals surface area contributed by atoms with Gasteiger partial charge in [-0.1, -0.05) is 0 Å². The predicted octanol–water partition coefficient (Wildman–Crippen LogP) is -2.12. The van der Waals surface area contributed by atoms with Gasteiger partial charge in [0.15, 0.2) is 12.4 Å². The molecule has 5 nitrogen and oxygen atoms in total. The Morgan fingerprint density at radius 3 is 2.39 bits per heavy atom. The summed E-state index contributed by atoms with van der Waals surface area (Å²) in [6.07, 6.45) is 4.18. The lowest BCUT2D eigenvalue weighted by molar-refractivity contribution is -2.00. The summed E-state index contributed by atoms with van der Waals surface area (Å²) in [6.45, 7) is 0. The zero-order valence-electron chi connectivity index (χ0n) is 8.99. The molecule has 0 radical (unpaired) electrons. The van der Waals surface area contributed by atoms with Crippen LogP contribution in [0.4, 0.5) is 0 Å². The molecule has 0 aromatic carbocycles. The molecule has 0 saturated carbocycles. The van der Waals surface area contributed by atoms with Gasteiger partial charge in [0.1, 0.15) is 0 Å². The maximum absolute atomic E-state index is 8.49. The highest BCUT2D eigenvalue weighted by Gasteiger charge is 2.05. The summed E-state index contributed by atoms with van der Waals surface area (Å²) < 4.78 is 37.5. The Hall–Kier alpha value is -1.28. The van der Waals surface area contributed by atoms with Gasteiger partial charge in [-0.05, 0) is 17.5 Å². The van der Waals surface area contributed by atoms with E-state index in [1.807, 2.05) is 6.07 Å². The topological polar surface area (TPSA) is 96.3 Å². The molecule has 7 heteroatoms. The van der Waals surface area contributed by atoms with Crippen LogP contribution in [-0.2, 0) is 0 Å². The molecule has 0 amide bonds. The van der Waals surface area contributed by atoms with E-state index in [1.54, 1.807) is 11.3 Å². The second kappa shape index (κ2) is 5.15. The molecule has 0 aliphatic rings. The molecule has 3 rings (SSSR count). The van der Waals surface area contributed by atoms with Crippen molar-refractivity contribution in [3.8, 4) is 0 Å². The third-order valence-electron chi connectivity index (χ3n) is 2.25. The second-order valence-electron chi connectivity index (χ2n) is 3.39. The highest BCUT2D eigenvalue weighted by molar-refractivity contribution is 7.17. The number of halogens is 1. The first kappa shape index (κ1) is 13.2. The first-order valence-electron chi connectivity index (χ1n) is 4.83. The van der Waals surface area contributed by atoms with Crippen molar-refractivity contribution in [2.24, 2.45) is 0 Å². The van der Waals surface area contributed by atoms with Gasteiger partial charge in [-0.25, -0.2) is 18.6 Å². The smallest absolute Gasteiger partial charge is 0.219 e. The van der Waals surface area contributed by atoms with Crippen LogP contribution >= 0.6 is 11.3 Å². The van der Waals surface area contributed by atoms with E-state index in [0.717, 1.165) is 0 Å². The summed E-state index contributed by atoms with van der Waals surface area (Å²) >= 11 is 1.79. The maximum Gasteiger partial charge on any atom is 0.219 e. The highest BCUT2D eigenvalue weighted by atomic mass is 35.7. The minimum absolute atomic E-state index is 1.28.